The SMILES string of the molecule is CC(=O)Nc1ccc(C(=O)COC(=O)c2nn(C)c(=O)c3ccccc23)cc1. The van der Waals surface area contributed by atoms with Gasteiger partial charge in [0.25, 0.3) is 5.56 Å². The number of carbonyl (C=O) groups is 3. The molecule has 8 heteroatoms. The fourth-order valence-corrected chi connectivity index (χ4v) is 2.68. The molecule has 0 aliphatic carbocycles. The van der Waals surface area contributed by atoms with Crippen molar-refractivity contribution in [3.8, 4) is 0 Å². The molecule has 0 unspecified atom stereocenters. The minimum atomic E-state index is -0.796. The highest BCUT2D eigenvalue weighted by atomic mass is 16.5. The van der Waals surface area contributed by atoms with E-state index in [0.29, 0.717) is 22.0 Å². The van der Waals surface area contributed by atoms with Gasteiger partial charge in [-0.1, -0.05) is 18.2 Å². The topological polar surface area (TPSA) is 107 Å². The number of carbonyl (C=O) groups excluding carboxylic acids is 3. The van der Waals surface area contributed by atoms with Crippen LogP contribution in [0.1, 0.15) is 27.8 Å². The molecular formula is C20H17N3O5. The fraction of sp³-hybridized carbons (Fsp3) is 0.150. The Bertz CT molecular complexity index is 1130. The smallest absolute Gasteiger partial charge is 0.359 e. The summed E-state index contributed by atoms with van der Waals surface area (Å²) in [5, 5.41) is 7.27. The number of amides is 1. The fourth-order valence-electron chi connectivity index (χ4n) is 2.68. The summed E-state index contributed by atoms with van der Waals surface area (Å²) in [6.45, 7) is 0.910. The van der Waals surface area contributed by atoms with Crippen LogP contribution in [0.2, 0.25) is 0 Å². The van der Waals surface area contributed by atoms with Crippen molar-refractivity contribution in [1.82, 2.24) is 9.78 Å². The highest BCUT2D eigenvalue weighted by Crippen LogP contribution is 2.15. The number of rotatable bonds is 5. The molecular weight excluding hydrogens is 362 g/mol. The number of hydrogen-bond acceptors (Lipinski definition) is 6. The first-order valence-electron chi connectivity index (χ1n) is 8.41. The molecule has 1 heterocycles. The van der Waals surface area contributed by atoms with E-state index in [1.165, 1.54) is 26.1 Å². The van der Waals surface area contributed by atoms with Gasteiger partial charge in [-0.15, -0.1) is 0 Å². The second-order valence-corrected chi connectivity index (χ2v) is 6.08. The minimum Gasteiger partial charge on any atom is -0.452 e. The Morgan fingerprint density at radius 3 is 2.32 bits per heavy atom. The maximum absolute atomic E-state index is 12.4. The van der Waals surface area contributed by atoms with E-state index in [1.807, 2.05) is 0 Å². The highest BCUT2D eigenvalue weighted by Gasteiger charge is 2.18. The van der Waals surface area contributed by atoms with Gasteiger partial charge in [0.05, 0.1) is 5.39 Å². The number of aryl methyl sites for hydroxylation is 1. The molecule has 8 nitrogen and oxygen atoms in total. The maximum atomic E-state index is 12.4. The van der Waals surface area contributed by atoms with Gasteiger partial charge in [-0.05, 0) is 30.3 Å². The number of hydrogen-bond donors (Lipinski definition) is 1. The molecule has 142 valence electrons. The third-order valence-corrected chi connectivity index (χ3v) is 4.01. The molecule has 28 heavy (non-hydrogen) atoms. The van der Waals surface area contributed by atoms with Gasteiger partial charge < -0.3 is 10.1 Å². The van der Waals surface area contributed by atoms with E-state index in [1.54, 1.807) is 36.4 Å². The molecule has 1 amide bonds. The predicted octanol–water partition coefficient (Wildman–Crippen LogP) is 1.93. The molecule has 1 N–H and O–H groups in total. The van der Waals surface area contributed by atoms with Crippen LogP contribution in [0.4, 0.5) is 5.69 Å². The summed E-state index contributed by atoms with van der Waals surface area (Å²) in [5.41, 5.74) is 0.524. The number of benzene rings is 2. The first kappa shape index (κ1) is 19.0. The van der Waals surface area contributed by atoms with Gasteiger partial charge in [0.2, 0.25) is 5.91 Å². The van der Waals surface area contributed by atoms with Gasteiger partial charge in [-0.3, -0.25) is 14.4 Å². The molecule has 0 saturated heterocycles. The second-order valence-electron chi connectivity index (χ2n) is 6.08. The molecule has 0 aliphatic rings. The predicted molar refractivity (Wildman–Crippen MR) is 102 cm³/mol. The van der Waals surface area contributed by atoms with Crippen molar-refractivity contribution in [1.29, 1.82) is 0 Å². The Labute approximate surface area is 159 Å². The van der Waals surface area contributed by atoms with Crippen LogP contribution in [0.5, 0.6) is 0 Å². The van der Waals surface area contributed by atoms with Gasteiger partial charge in [0, 0.05) is 30.6 Å². The zero-order valence-corrected chi connectivity index (χ0v) is 15.3. The van der Waals surface area contributed by atoms with Gasteiger partial charge in [0.15, 0.2) is 18.1 Å². The van der Waals surface area contributed by atoms with Crippen LogP contribution in [0.3, 0.4) is 0 Å². The summed E-state index contributed by atoms with van der Waals surface area (Å²) in [4.78, 5) is 47.8. The van der Waals surface area contributed by atoms with E-state index in [9.17, 15) is 19.2 Å². The summed E-state index contributed by atoms with van der Waals surface area (Å²) in [6, 6.07) is 12.8. The average Bonchev–Trinajstić information content (AvgIpc) is 2.68. The van der Waals surface area contributed by atoms with Crippen molar-refractivity contribution in [3.63, 3.8) is 0 Å². The third-order valence-electron chi connectivity index (χ3n) is 4.01. The summed E-state index contributed by atoms with van der Waals surface area (Å²) < 4.78 is 6.16. The van der Waals surface area contributed by atoms with Gasteiger partial charge in [-0.2, -0.15) is 5.10 Å². The van der Waals surface area contributed by atoms with Gasteiger partial charge >= 0.3 is 5.97 Å². The standard InChI is InChI=1S/C20H17N3O5/c1-12(24)21-14-9-7-13(8-10-14)17(25)11-28-20(27)18-15-5-3-4-6-16(15)19(26)23(2)22-18/h3-10H,11H2,1-2H3,(H,21,24). The lowest BCUT2D eigenvalue weighted by atomic mass is 10.1. The zero-order valence-electron chi connectivity index (χ0n) is 15.3. The summed E-state index contributed by atoms with van der Waals surface area (Å²) >= 11 is 0. The Morgan fingerprint density at radius 2 is 1.68 bits per heavy atom. The van der Waals surface area contributed by atoms with Crippen LogP contribution in [0.15, 0.2) is 53.3 Å². The molecule has 0 atom stereocenters. The molecule has 0 saturated carbocycles. The van der Waals surface area contributed by atoms with Crippen LogP contribution in [0.25, 0.3) is 10.8 Å². The monoisotopic (exact) mass is 379 g/mol. The molecule has 2 aromatic carbocycles. The summed E-state index contributed by atoms with van der Waals surface area (Å²) in [5.74, 6) is -1.42. The Balaban J connectivity index is 1.75. The first-order valence-corrected chi connectivity index (χ1v) is 8.41. The molecule has 0 fully saturated rings. The van der Waals surface area contributed by atoms with Crippen LogP contribution in [-0.2, 0) is 16.6 Å². The van der Waals surface area contributed by atoms with Crippen molar-refractivity contribution >= 4 is 34.1 Å². The molecule has 1 aromatic heterocycles. The Hall–Kier alpha value is -3.81. The van der Waals surface area contributed by atoms with E-state index in [4.69, 9.17) is 4.74 Å². The number of Topliss-reactive ketones (excluding diaryl/α,β-unsaturated/α-hetero) is 1. The lowest BCUT2D eigenvalue weighted by Crippen LogP contribution is -2.24. The van der Waals surface area contributed by atoms with E-state index < -0.39 is 18.4 Å². The quantitative estimate of drug-likeness (QED) is 0.536. The van der Waals surface area contributed by atoms with Crippen LogP contribution in [0, 0.1) is 0 Å². The lowest BCUT2D eigenvalue weighted by Gasteiger charge is -2.08. The van der Waals surface area contributed by atoms with E-state index in [2.05, 4.69) is 10.4 Å². The normalized spacial score (nSPS) is 10.5. The van der Waals surface area contributed by atoms with Crippen molar-refractivity contribution < 1.29 is 19.1 Å². The first-order chi connectivity index (χ1) is 13.4. The van der Waals surface area contributed by atoms with Crippen LogP contribution >= 0.6 is 0 Å². The van der Waals surface area contributed by atoms with Crippen molar-refractivity contribution in [3.05, 3.63) is 70.1 Å². The number of nitrogens with zero attached hydrogens (tertiary/aromatic N) is 2. The zero-order chi connectivity index (χ0) is 20.3. The Kier molecular flexibility index (Phi) is 5.30. The number of esters is 1. The van der Waals surface area contributed by atoms with E-state index in [-0.39, 0.29) is 17.2 Å². The van der Waals surface area contributed by atoms with Crippen molar-refractivity contribution in [2.75, 3.05) is 11.9 Å². The average molecular weight is 379 g/mol. The van der Waals surface area contributed by atoms with Crippen LogP contribution in [-0.4, -0.2) is 34.0 Å². The number of nitrogens with one attached hydrogen (secondary N) is 1. The number of ketones is 1. The number of fused-ring (bicyclic) bond motifs is 1. The second kappa shape index (κ2) is 7.83. The molecule has 0 spiro atoms. The Morgan fingerprint density at radius 1 is 1.04 bits per heavy atom. The third kappa shape index (κ3) is 3.96. The summed E-state index contributed by atoms with van der Waals surface area (Å²) in [7, 11) is 1.44. The largest absolute Gasteiger partial charge is 0.452 e. The van der Waals surface area contributed by atoms with Crippen molar-refractivity contribution in [2.45, 2.75) is 6.92 Å². The van der Waals surface area contributed by atoms with E-state index in [0.717, 1.165) is 4.68 Å². The van der Waals surface area contributed by atoms with Crippen LogP contribution < -0.4 is 10.9 Å². The molecule has 3 rings (SSSR count). The van der Waals surface area contributed by atoms with Crippen molar-refractivity contribution in [2.24, 2.45) is 7.05 Å². The summed E-state index contributed by atoms with van der Waals surface area (Å²) in [6.07, 6.45) is 0. The molecule has 0 bridgehead atoms. The number of aromatic nitrogens is 2. The number of anilines is 1. The number of ether oxygens (including phenoxy) is 1. The molecule has 0 radical (unpaired) electrons. The molecule has 0 aliphatic heterocycles. The molecule has 3 aromatic rings. The lowest BCUT2D eigenvalue weighted by molar-refractivity contribution is -0.114. The minimum absolute atomic E-state index is 0.0356. The van der Waals surface area contributed by atoms with Gasteiger partial charge in [-0.25, -0.2) is 9.48 Å². The highest BCUT2D eigenvalue weighted by molar-refractivity contribution is 6.04. The van der Waals surface area contributed by atoms with E-state index >= 15 is 0 Å². The van der Waals surface area contributed by atoms with Gasteiger partial charge in [0.1, 0.15) is 0 Å². The maximum Gasteiger partial charge on any atom is 0.359 e.